The van der Waals surface area contributed by atoms with Crippen molar-refractivity contribution in [2.45, 2.75) is 64.6 Å². The molecule has 38 heavy (non-hydrogen) atoms. The van der Waals surface area contributed by atoms with E-state index < -0.39 is 28.5 Å². The van der Waals surface area contributed by atoms with E-state index in [-0.39, 0.29) is 23.4 Å². The summed E-state index contributed by atoms with van der Waals surface area (Å²) in [7, 11) is -4.07. The van der Waals surface area contributed by atoms with Crippen molar-refractivity contribution in [2.24, 2.45) is 0 Å². The summed E-state index contributed by atoms with van der Waals surface area (Å²) < 4.78 is 28.8. The van der Waals surface area contributed by atoms with Crippen molar-refractivity contribution in [3.63, 3.8) is 0 Å². The molecule has 0 saturated carbocycles. The molecular weight excluding hydrogens is 498 g/mol. The molecule has 0 aliphatic heterocycles. The molecule has 2 unspecified atom stereocenters. The van der Waals surface area contributed by atoms with Crippen LogP contribution in [0.5, 0.6) is 0 Å². The van der Waals surface area contributed by atoms with Crippen molar-refractivity contribution in [1.29, 1.82) is 0 Å². The molecule has 0 radical (unpaired) electrons. The maximum atomic E-state index is 13.9. The zero-order valence-corrected chi connectivity index (χ0v) is 23.5. The van der Waals surface area contributed by atoms with Crippen LogP contribution in [0.2, 0.25) is 0 Å². The number of carbonyl (C=O) groups is 2. The van der Waals surface area contributed by atoms with Gasteiger partial charge in [-0.25, -0.2) is 8.42 Å². The molecular formula is C30H37N3O4S. The summed E-state index contributed by atoms with van der Waals surface area (Å²) >= 11 is 0. The average Bonchev–Trinajstić information content (AvgIpc) is 2.90. The van der Waals surface area contributed by atoms with Crippen LogP contribution in [0, 0.1) is 13.8 Å². The molecule has 8 heteroatoms. The molecule has 202 valence electrons. The van der Waals surface area contributed by atoms with E-state index in [0.717, 1.165) is 27.4 Å². The van der Waals surface area contributed by atoms with Gasteiger partial charge in [0.2, 0.25) is 11.8 Å². The fourth-order valence-corrected chi connectivity index (χ4v) is 5.38. The number of nitrogens with one attached hydrogen (secondary N) is 1. The molecule has 0 saturated heterocycles. The number of benzene rings is 3. The minimum atomic E-state index is -4.07. The molecule has 2 amide bonds. The molecule has 0 spiro atoms. The van der Waals surface area contributed by atoms with Gasteiger partial charge in [0, 0.05) is 12.6 Å². The molecule has 3 rings (SSSR count). The van der Waals surface area contributed by atoms with Crippen molar-refractivity contribution in [3.8, 4) is 0 Å². The first-order valence-electron chi connectivity index (χ1n) is 12.8. The molecule has 1 N–H and O–H groups in total. The lowest BCUT2D eigenvalue weighted by molar-refractivity contribution is -0.139. The van der Waals surface area contributed by atoms with Crippen molar-refractivity contribution < 1.29 is 18.0 Å². The SMILES string of the molecule is CCC(C)NC(=O)C(C)N(Cc1ccccc1)C(=O)CN(c1cccc(C)c1)S(=O)(=O)c1ccc(C)cc1. The maximum Gasteiger partial charge on any atom is 0.264 e. The summed E-state index contributed by atoms with van der Waals surface area (Å²) in [5, 5.41) is 2.94. The Bertz CT molecular complexity index is 1340. The summed E-state index contributed by atoms with van der Waals surface area (Å²) in [6.45, 7) is 9.01. The standard InChI is InChI=1S/C30H37N3O4S/c1-6-24(4)31-30(35)25(5)32(20-26-12-8-7-9-13-26)29(34)21-33(27-14-10-11-23(3)19-27)38(36,37)28-17-15-22(2)16-18-28/h7-19,24-25H,6,20-21H2,1-5H3,(H,31,35). The fourth-order valence-electron chi connectivity index (χ4n) is 3.98. The third-order valence-corrected chi connectivity index (χ3v) is 8.33. The quantitative estimate of drug-likeness (QED) is 0.381. The molecule has 3 aromatic rings. The lowest BCUT2D eigenvalue weighted by atomic mass is 10.1. The molecule has 0 aliphatic carbocycles. The van der Waals surface area contributed by atoms with E-state index in [9.17, 15) is 18.0 Å². The summed E-state index contributed by atoms with van der Waals surface area (Å²) in [5.41, 5.74) is 3.02. The number of hydrogen-bond acceptors (Lipinski definition) is 4. The first-order valence-corrected chi connectivity index (χ1v) is 14.3. The highest BCUT2D eigenvalue weighted by molar-refractivity contribution is 7.92. The van der Waals surface area contributed by atoms with Crippen LogP contribution >= 0.6 is 0 Å². The summed E-state index contributed by atoms with van der Waals surface area (Å²) in [6, 6.07) is 22.1. The molecule has 0 aromatic heterocycles. The second kappa shape index (κ2) is 12.7. The second-order valence-corrected chi connectivity index (χ2v) is 11.5. The number of hydrogen-bond donors (Lipinski definition) is 1. The van der Waals surface area contributed by atoms with Crippen LogP contribution in [0.1, 0.15) is 43.9 Å². The van der Waals surface area contributed by atoms with Crippen LogP contribution in [0.15, 0.2) is 83.8 Å². The minimum Gasteiger partial charge on any atom is -0.352 e. The highest BCUT2D eigenvalue weighted by atomic mass is 32.2. The molecule has 2 atom stereocenters. The Labute approximate surface area is 226 Å². The van der Waals surface area contributed by atoms with Crippen molar-refractivity contribution >= 4 is 27.5 Å². The van der Waals surface area contributed by atoms with Gasteiger partial charge in [-0.2, -0.15) is 0 Å². The van der Waals surface area contributed by atoms with E-state index in [0.29, 0.717) is 5.69 Å². The molecule has 0 heterocycles. The van der Waals surface area contributed by atoms with Crippen molar-refractivity contribution in [1.82, 2.24) is 10.2 Å². The van der Waals surface area contributed by atoms with Crippen LogP contribution in [0.4, 0.5) is 5.69 Å². The van der Waals surface area contributed by atoms with Gasteiger partial charge in [-0.1, -0.05) is 67.1 Å². The number of anilines is 1. The van der Waals surface area contributed by atoms with Crippen LogP contribution < -0.4 is 9.62 Å². The van der Waals surface area contributed by atoms with Gasteiger partial charge in [0.15, 0.2) is 0 Å². The number of nitrogens with zero attached hydrogens (tertiary/aromatic N) is 2. The van der Waals surface area contributed by atoms with Crippen LogP contribution in [0.25, 0.3) is 0 Å². The molecule has 7 nitrogen and oxygen atoms in total. The number of carbonyl (C=O) groups excluding carboxylic acids is 2. The van der Waals surface area contributed by atoms with E-state index >= 15 is 0 Å². The largest absolute Gasteiger partial charge is 0.352 e. The van der Waals surface area contributed by atoms with Crippen molar-refractivity contribution in [2.75, 3.05) is 10.8 Å². The average molecular weight is 536 g/mol. The Balaban J connectivity index is 2.01. The summed E-state index contributed by atoms with van der Waals surface area (Å²) in [4.78, 5) is 28.5. The Morgan fingerprint density at radius 1 is 0.868 bits per heavy atom. The zero-order valence-electron chi connectivity index (χ0n) is 22.7. The highest BCUT2D eigenvalue weighted by Gasteiger charge is 2.32. The van der Waals surface area contributed by atoms with Crippen LogP contribution in [-0.2, 0) is 26.2 Å². The summed E-state index contributed by atoms with van der Waals surface area (Å²) in [5.74, 6) is -0.759. The lowest BCUT2D eigenvalue weighted by Gasteiger charge is -2.32. The second-order valence-electron chi connectivity index (χ2n) is 9.66. The Morgan fingerprint density at radius 3 is 2.13 bits per heavy atom. The highest BCUT2D eigenvalue weighted by Crippen LogP contribution is 2.25. The minimum absolute atomic E-state index is 0.0515. The van der Waals surface area contributed by atoms with Gasteiger partial charge in [0.05, 0.1) is 10.6 Å². The number of aryl methyl sites for hydroxylation is 2. The number of sulfonamides is 1. The predicted molar refractivity (Wildman–Crippen MR) is 151 cm³/mol. The topological polar surface area (TPSA) is 86.8 Å². The van der Waals surface area contributed by atoms with Gasteiger partial charge < -0.3 is 10.2 Å². The molecule has 3 aromatic carbocycles. The van der Waals surface area contributed by atoms with Gasteiger partial charge in [-0.15, -0.1) is 0 Å². The van der Waals surface area contributed by atoms with E-state index in [1.807, 2.05) is 64.1 Å². The fraction of sp³-hybridized carbons (Fsp3) is 0.333. The first kappa shape index (κ1) is 28.9. The smallest absolute Gasteiger partial charge is 0.264 e. The number of amides is 2. The third-order valence-electron chi connectivity index (χ3n) is 6.54. The lowest BCUT2D eigenvalue weighted by Crippen LogP contribution is -2.52. The monoisotopic (exact) mass is 535 g/mol. The normalized spacial score (nSPS) is 12.9. The molecule has 0 bridgehead atoms. The van der Waals surface area contributed by atoms with E-state index in [2.05, 4.69) is 5.32 Å². The van der Waals surface area contributed by atoms with E-state index in [1.165, 1.54) is 4.90 Å². The van der Waals surface area contributed by atoms with Crippen molar-refractivity contribution in [3.05, 3.63) is 95.6 Å². The van der Waals surface area contributed by atoms with Gasteiger partial charge in [0.25, 0.3) is 10.0 Å². The van der Waals surface area contributed by atoms with Crippen LogP contribution in [-0.4, -0.2) is 43.8 Å². The Morgan fingerprint density at radius 2 is 1.53 bits per heavy atom. The zero-order chi connectivity index (χ0) is 27.9. The van der Waals surface area contributed by atoms with E-state index in [1.54, 1.807) is 49.4 Å². The Hall–Kier alpha value is -3.65. The van der Waals surface area contributed by atoms with Gasteiger partial charge >= 0.3 is 0 Å². The summed E-state index contributed by atoms with van der Waals surface area (Å²) in [6.07, 6.45) is 0.751. The van der Waals surface area contributed by atoms with Gasteiger partial charge in [0.1, 0.15) is 12.6 Å². The number of rotatable bonds is 11. The van der Waals surface area contributed by atoms with Gasteiger partial charge in [-0.05, 0) is 69.5 Å². The molecule has 0 aliphatic rings. The third kappa shape index (κ3) is 7.22. The predicted octanol–water partition coefficient (Wildman–Crippen LogP) is 4.83. The first-order chi connectivity index (χ1) is 18.0. The van der Waals surface area contributed by atoms with E-state index in [4.69, 9.17) is 0 Å². The van der Waals surface area contributed by atoms with Gasteiger partial charge in [-0.3, -0.25) is 13.9 Å². The Kier molecular flexibility index (Phi) is 9.69. The van der Waals surface area contributed by atoms with Crippen LogP contribution in [0.3, 0.4) is 0 Å². The maximum absolute atomic E-state index is 13.9. The molecule has 0 fully saturated rings.